The Morgan fingerprint density at radius 2 is 1.75 bits per heavy atom. The number of unbranched alkanes of at least 4 members (excludes halogenated alkanes) is 1. The van der Waals surface area contributed by atoms with Gasteiger partial charge < -0.3 is 10.0 Å². The van der Waals surface area contributed by atoms with E-state index in [1.807, 2.05) is 0 Å². The lowest BCUT2D eigenvalue weighted by molar-refractivity contribution is 0.180. The Bertz CT molecular complexity index is 284. The third-order valence-electron chi connectivity index (χ3n) is 2.97. The van der Waals surface area contributed by atoms with Crippen LogP contribution >= 0.6 is 0 Å². The third kappa shape index (κ3) is 4.01. The van der Waals surface area contributed by atoms with E-state index in [2.05, 4.69) is 4.90 Å². The fourth-order valence-corrected chi connectivity index (χ4v) is 2.95. The maximum absolute atomic E-state index is 11.6. The zero-order chi connectivity index (χ0) is 12.0. The summed E-state index contributed by atoms with van der Waals surface area (Å²) in [5.74, 6) is 0.192. The van der Waals surface area contributed by atoms with Crippen LogP contribution in [0.5, 0.6) is 0 Å². The molecule has 1 N–H and O–H groups in total. The summed E-state index contributed by atoms with van der Waals surface area (Å²) in [6.07, 6.45) is 1.81. The molecule has 0 unspecified atom stereocenters. The lowest BCUT2D eigenvalue weighted by atomic mass is 10.3. The average molecular weight is 250 g/mol. The molecule has 1 aliphatic heterocycles. The number of sulfonamides is 1. The smallest absolute Gasteiger partial charge is 0.213 e. The first-order valence-electron chi connectivity index (χ1n) is 5.91. The Balaban J connectivity index is 2.29. The van der Waals surface area contributed by atoms with E-state index >= 15 is 0 Å². The maximum Gasteiger partial charge on any atom is 0.213 e. The number of hydrogen-bond acceptors (Lipinski definition) is 4. The fourth-order valence-electron chi connectivity index (χ4n) is 1.86. The molecule has 0 aromatic heterocycles. The molecule has 0 amide bonds. The minimum atomic E-state index is -3.00. The van der Waals surface area contributed by atoms with Crippen LogP contribution < -0.4 is 0 Å². The highest BCUT2D eigenvalue weighted by Gasteiger charge is 2.24. The van der Waals surface area contributed by atoms with E-state index in [0.29, 0.717) is 13.1 Å². The fraction of sp³-hybridized carbons (Fsp3) is 1.00. The Labute approximate surface area is 98.1 Å². The van der Waals surface area contributed by atoms with Crippen molar-refractivity contribution in [3.8, 4) is 0 Å². The van der Waals surface area contributed by atoms with Gasteiger partial charge in [-0.3, -0.25) is 0 Å². The molecule has 0 saturated carbocycles. The maximum atomic E-state index is 11.6. The van der Waals surface area contributed by atoms with Gasteiger partial charge in [-0.1, -0.05) is 0 Å². The van der Waals surface area contributed by atoms with Gasteiger partial charge in [-0.15, -0.1) is 0 Å². The molecule has 16 heavy (non-hydrogen) atoms. The van der Waals surface area contributed by atoms with Crippen LogP contribution in [0.1, 0.15) is 19.8 Å². The van der Waals surface area contributed by atoms with E-state index in [-0.39, 0.29) is 12.4 Å². The van der Waals surface area contributed by atoms with Gasteiger partial charge >= 0.3 is 0 Å². The van der Waals surface area contributed by atoms with Crippen molar-refractivity contribution in [3.63, 3.8) is 0 Å². The van der Waals surface area contributed by atoms with Crippen molar-refractivity contribution in [2.45, 2.75) is 19.8 Å². The van der Waals surface area contributed by atoms with Crippen LogP contribution in [0.3, 0.4) is 0 Å². The number of hydrogen-bond donors (Lipinski definition) is 1. The lowest BCUT2D eigenvalue weighted by Crippen LogP contribution is -2.49. The summed E-state index contributed by atoms with van der Waals surface area (Å²) in [6, 6.07) is 0. The highest BCUT2D eigenvalue weighted by atomic mass is 32.2. The molecule has 0 aromatic carbocycles. The van der Waals surface area contributed by atoms with Crippen LogP contribution in [0.25, 0.3) is 0 Å². The van der Waals surface area contributed by atoms with Crippen LogP contribution in [0.15, 0.2) is 0 Å². The predicted octanol–water partition coefficient (Wildman–Crippen LogP) is -0.274. The van der Waals surface area contributed by atoms with E-state index in [4.69, 9.17) is 5.11 Å². The first-order valence-corrected chi connectivity index (χ1v) is 7.52. The Morgan fingerprint density at radius 3 is 2.25 bits per heavy atom. The second-order valence-electron chi connectivity index (χ2n) is 4.07. The van der Waals surface area contributed by atoms with Gasteiger partial charge in [0.15, 0.2) is 0 Å². The van der Waals surface area contributed by atoms with Gasteiger partial charge in [0.2, 0.25) is 10.0 Å². The molecule has 0 atom stereocenters. The van der Waals surface area contributed by atoms with Gasteiger partial charge in [0.1, 0.15) is 0 Å². The zero-order valence-corrected chi connectivity index (χ0v) is 10.7. The lowest BCUT2D eigenvalue weighted by Gasteiger charge is -2.33. The summed E-state index contributed by atoms with van der Waals surface area (Å²) >= 11 is 0. The Kier molecular flexibility index (Phi) is 5.68. The molecule has 96 valence electrons. The quantitative estimate of drug-likeness (QED) is 0.659. The first kappa shape index (κ1) is 13.9. The van der Waals surface area contributed by atoms with Crippen molar-refractivity contribution in [1.82, 2.24) is 9.21 Å². The standard InChI is InChI=1S/C10H22N2O3S/c1-2-16(14,15)12-8-6-11(7-9-12)5-3-4-10-13/h13H,2-10H2,1H3. The molecule has 0 aliphatic carbocycles. The van der Waals surface area contributed by atoms with E-state index < -0.39 is 10.0 Å². The highest BCUT2D eigenvalue weighted by Crippen LogP contribution is 2.08. The summed E-state index contributed by atoms with van der Waals surface area (Å²) in [5.41, 5.74) is 0. The summed E-state index contributed by atoms with van der Waals surface area (Å²) < 4.78 is 24.8. The molecule has 1 fully saturated rings. The minimum Gasteiger partial charge on any atom is -0.396 e. The second-order valence-corrected chi connectivity index (χ2v) is 6.33. The molecule has 0 bridgehead atoms. The van der Waals surface area contributed by atoms with Crippen LogP contribution in [-0.4, -0.2) is 67.8 Å². The topological polar surface area (TPSA) is 60.9 Å². The summed E-state index contributed by atoms with van der Waals surface area (Å²) in [6.45, 7) is 5.72. The molecular formula is C10H22N2O3S. The molecular weight excluding hydrogens is 228 g/mol. The molecule has 6 heteroatoms. The summed E-state index contributed by atoms with van der Waals surface area (Å²) in [4.78, 5) is 2.26. The number of aliphatic hydroxyl groups excluding tert-OH is 1. The summed E-state index contributed by atoms with van der Waals surface area (Å²) in [7, 11) is -3.00. The number of piperazine rings is 1. The molecule has 1 aliphatic rings. The van der Waals surface area contributed by atoms with Crippen molar-refractivity contribution in [1.29, 1.82) is 0 Å². The van der Waals surface area contributed by atoms with Gasteiger partial charge in [-0.05, 0) is 26.3 Å². The van der Waals surface area contributed by atoms with E-state index in [0.717, 1.165) is 32.5 Å². The van der Waals surface area contributed by atoms with E-state index in [1.165, 1.54) is 0 Å². The average Bonchev–Trinajstić information content (AvgIpc) is 2.30. The van der Waals surface area contributed by atoms with E-state index in [1.54, 1.807) is 11.2 Å². The number of aliphatic hydroxyl groups is 1. The van der Waals surface area contributed by atoms with Gasteiger partial charge in [0.25, 0.3) is 0 Å². The van der Waals surface area contributed by atoms with Gasteiger partial charge in [-0.2, -0.15) is 4.31 Å². The molecule has 5 nitrogen and oxygen atoms in total. The molecule has 0 aromatic rings. The van der Waals surface area contributed by atoms with Crippen LogP contribution in [0, 0.1) is 0 Å². The monoisotopic (exact) mass is 250 g/mol. The van der Waals surface area contributed by atoms with Crippen LogP contribution in [-0.2, 0) is 10.0 Å². The van der Waals surface area contributed by atoms with Crippen molar-refractivity contribution >= 4 is 10.0 Å². The van der Waals surface area contributed by atoms with Crippen LogP contribution in [0.2, 0.25) is 0 Å². The molecule has 1 rings (SSSR count). The number of nitrogens with zero attached hydrogens (tertiary/aromatic N) is 2. The SMILES string of the molecule is CCS(=O)(=O)N1CCN(CCCCO)CC1. The zero-order valence-electron chi connectivity index (χ0n) is 9.93. The first-order chi connectivity index (χ1) is 7.60. The number of rotatable bonds is 6. The van der Waals surface area contributed by atoms with Crippen LogP contribution in [0.4, 0.5) is 0 Å². The van der Waals surface area contributed by atoms with Crippen molar-refractivity contribution in [3.05, 3.63) is 0 Å². The minimum absolute atomic E-state index is 0.192. The molecule has 0 spiro atoms. The van der Waals surface area contributed by atoms with Gasteiger partial charge in [-0.25, -0.2) is 8.42 Å². The third-order valence-corrected chi connectivity index (χ3v) is 4.85. The normalized spacial score (nSPS) is 20.1. The van der Waals surface area contributed by atoms with Gasteiger partial charge in [0.05, 0.1) is 5.75 Å². The molecule has 1 saturated heterocycles. The van der Waals surface area contributed by atoms with Gasteiger partial charge in [0, 0.05) is 32.8 Å². The Morgan fingerprint density at radius 1 is 1.12 bits per heavy atom. The van der Waals surface area contributed by atoms with Crippen molar-refractivity contribution < 1.29 is 13.5 Å². The largest absolute Gasteiger partial charge is 0.396 e. The molecule has 0 radical (unpaired) electrons. The highest BCUT2D eigenvalue weighted by molar-refractivity contribution is 7.89. The Hall–Kier alpha value is -0.170. The molecule has 1 heterocycles. The second kappa shape index (κ2) is 6.54. The van der Waals surface area contributed by atoms with E-state index in [9.17, 15) is 8.42 Å². The summed E-state index contributed by atoms with van der Waals surface area (Å²) in [5, 5.41) is 8.67. The predicted molar refractivity (Wildman–Crippen MR) is 63.8 cm³/mol. The van der Waals surface area contributed by atoms with Crippen molar-refractivity contribution in [2.75, 3.05) is 45.1 Å². The van der Waals surface area contributed by atoms with Crippen molar-refractivity contribution in [2.24, 2.45) is 0 Å².